The molecule has 0 fully saturated rings. The number of carbonyl (C=O) groups is 1. The van der Waals surface area contributed by atoms with Gasteiger partial charge in [-0.3, -0.25) is 4.79 Å². The van der Waals surface area contributed by atoms with E-state index in [-0.39, 0.29) is 11.3 Å². The van der Waals surface area contributed by atoms with E-state index in [0.29, 0.717) is 19.8 Å². The summed E-state index contributed by atoms with van der Waals surface area (Å²) in [6, 6.07) is 9.64. The lowest BCUT2D eigenvalue weighted by Gasteiger charge is -2.25. The summed E-state index contributed by atoms with van der Waals surface area (Å²) < 4.78 is 5.59. The molecule has 0 spiro atoms. The van der Waals surface area contributed by atoms with Gasteiger partial charge in [0.2, 0.25) is 5.91 Å². The molecule has 0 heterocycles. The minimum atomic E-state index is -0.466. The summed E-state index contributed by atoms with van der Waals surface area (Å²) in [4.78, 5) is 11.8. The molecule has 0 aliphatic heterocycles. The van der Waals surface area contributed by atoms with Crippen molar-refractivity contribution in [3.63, 3.8) is 0 Å². The molecule has 21 heavy (non-hydrogen) atoms. The van der Waals surface area contributed by atoms with Crippen molar-refractivity contribution in [2.24, 2.45) is 11.1 Å². The van der Waals surface area contributed by atoms with Crippen molar-refractivity contribution < 1.29 is 9.53 Å². The van der Waals surface area contributed by atoms with Crippen LogP contribution < -0.4 is 11.1 Å². The maximum absolute atomic E-state index is 11.8. The molecule has 1 atom stereocenters. The molecule has 0 radical (unpaired) electrons. The van der Waals surface area contributed by atoms with Crippen molar-refractivity contribution in [1.82, 2.24) is 5.32 Å². The highest BCUT2D eigenvalue weighted by molar-refractivity contribution is 5.82. The molecular weight excluding hydrogens is 264 g/mol. The van der Waals surface area contributed by atoms with E-state index in [1.165, 1.54) is 5.56 Å². The summed E-state index contributed by atoms with van der Waals surface area (Å²) in [5.74, 6) is -0.0762. The zero-order valence-corrected chi connectivity index (χ0v) is 13.4. The molecule has 0 bridgehead atoms. The second-order valence-corrected chi connectivity index (χ2v) is 6.38. The van der Waals surface area contributed by atoms with Crippen molar-refractivity contribution in [3.8, 4) is 0 Å². The van der Waals surface area contributed by atoms with E-state index in [9.17, 15) is 4.79 Å². The lowest BCUT2D eigenvalue weighted by Crippen LogP contribution is -2.48. The fourth-order valence-corrected chi connectivity index (χ4v) is 1.81. The van der Waals surface area contributed by atoms with E-state index in [4.69, 9.17) is 10.5 Å². The van der Waals surface area contributed by atoms with Crippen molar-refractivity contribution >= 4 is 5.91 Å². The summed E-state index contributed by atoms with van der Waals surface area (Å²) in [5, 5.41) is 2.88. The largest absolute Gasteiger partial charge is 0.377 e. The number of nitrogens with one attached hydrogen (secondary N) is 1. The fraction of sp³-hybridized carbons (Fsp3) is 0.588. The summed E-state index contributed by atoms with van der Waals surface area (Å²) in [6.45, 7) is 7.90. The summed E-state index contributed by atoms with van der Waals surface area (Å²) in [6.07, 6.45) is 1.83. The first-order valence-corrected chi connectivity index (χ1v) is 7.56. The van der Waals surface area contributed by atoms with Crippen molar-refractivity contribution in [1.29, 1.82) is 0 Å². The minimum Gasteiger partial charge on any atom is -0.377 e. The molecule has 0 unspecified atom stereocenters. The van der Waals surface area contributed by atoms with Crippen LogP contribution in [0, 0.1) is 5.41 Å². The van der Waals surface area contributed by atoms with Gasteiger partial charge in [-0.1, -0.05) is 51.1 Å². The molecule has 1 amide bonds. The van der Waals surface area contributed by atoms with Crippen LogP contribution in [0.25, 0.3) is 0 Å². The van der Waals surface area contributed by atoms with Gasteiger partial charge in [-0.25, -0.2) is 0 Å². The Morgan fingerprint density at radius 2 is 1.90 bits per heavy atom. The molecule has 1 aromatic carbocycles. The topological polar surface area (TPSA) is 64.4 Å². The minimum absolute atomic E-state index is 0.0762. The number of benzene rings is 1. The molecule has 0 aliphatic rings. The van der Waals surface area contributed by atoms with Crippen LogP contribution in [0.2, 0.25) is 0 Å². The third-order valence-corrected chi connectivity index (χ3v) is 3.34. The molecule has 0 saturated carbocycles. The highest BCUT2D eigenvalue weighted by atomic mass is 16.5. The standard InChI is InChI=1S/C17H28N2O2/c1-17(2,3)15(18)16(20)19-11-7-8-12-21-13-14-9-5-4-6-10-14/h4-6,9-10,15H,7-8,11-13,18H2,1-3H3,(H,19,20)/t15-/m1/s1. The Kier molecular flexibility index (Phi) is 7.40. The zero-order chi connectivity index (χ0) is 15.7. The van der Waals surface area contributed by atoms with Gasteiger partial charge in [0.1, 0.15) is 0 Å². The molecule has 0 aliphatic carbocycles. The second-order valence-electron chi connectivity index (χ2n) is 6.38. The molecular formula is C17H28N2O2. The Morgan fingerprint density at radius 3 is 2.52 bits per heavy atom. The van der Waals surface area contributed by atoms with Crippen LogP contribution in [-0.2, 0) is 16.1 Å². The highest BCUT2D eigenvalue weighted by Gasteiger charge is 2.26. The predicted octanol–water partition coefficient (Wildman–Crippen LogP) is 2.47. The Labute approximate surface area is 128 Å². The number of hydrogen-bond donors (Lipinski definition) is 2. The molecule has 118 valence electrons. The lowest BCUT2D eigenvalue weighted by atomic mass is 9.87. The van der Waals surface area contributed by atoms with Gasteiger partial charge in [-0.15, -0.1) is 0 Å². The molecule has 4 nitrogen and oxygen atoms in total. The maximum atomic E-state index is 11.8. The van der Waals surface area contributed by atoms with Crippen LogP contribution in [0.3, 0.4) is 0 Å². The van der Waals surface area contributed by atoms with Gasteiger partial charge in [-0.05, 0) is 23.8 Å². The number of hydrogen-bond acceptors (Lipinski definition) is 3. The van der Waals surface area contributed by atoms with Gasteiger partial charge in [0.15, 0.2) is 0 Å². The summed E-state index contributed by atoms with van der Waals surface area (Å²) in [5.41, 5.74) is 6.86. The highest BCUT2D eigenvalue weighted by Crippen LogP contribution is 2.17. The Balaban J connectivity index is 2.03. The molecule has 0 aromatic heterocycles. The van der Waals surface area contributed by atoms with E-state index >= 15 is 0 Å². The van der Waals surface area contributed by atoms with Gasteiger partial charge >= 0.3 is 0 Å². The molecule has 4 heteroatoms. The quantitative estimate of drug-likeness (QED) is 0.723. The molecule has 1 rings (SSSR count). The van der Waals surface area contributed by atoms with Gasteiger partial charge in [0.05, 0.1) is 12.6 Å². The van der Waals surface area contributed by atoms with Crippen LogP contribution in [0.15, 0.2) is 30.3 Å². The van der Waals surface area contributed by atoms with E-state index in [0.717, 1.165) is 12.8 Å². The third kappa shape index (κ3) is 7.25. The van der Waals surface area contributed by atoms with Crippen LogP contribution in [0.4, 0.5) is 0 Å². The number of carbonyl (C=O) groups excluding carboxylic acids is 1. The molecule has 0 saturated heterocycles. The first-order valence-electron chi connectivity index (χ1n) is 7.56. The van der Waals surface area contributed by atoms with Gasteiger partial charge in [-0.2, -0.15) is 0 Å². The first kappa shape index (κ1) is 17.7. The average Bonchev–Trinajstić information content (AvgIpc) is 2.45. The number of unbranched alkanes of at least 4 members (excludes halogenated alkanes) is 1. The predicted molar refractivity (Wildman–Crippen MR) is 85.8 cm³/mol. The van der Waals surface area contributed by atoms with Crippen LogP contribution >= 0.6 is 0 Å². The SMILES string of the molecule is CC(C)(C)[C@H](N)C(=O)NCCCCOCc1ccccc1. The van der Waals surface area contributed by atoms with Crippen LogP contribution in [-0.4, -0.2) is 25.1 Å². The van der Waals surface area contributed by atoms with Crippen LogP contribution in [0.5, 0.6) is 0 Å². The first-order chi connectivity index (χ1) is 9.91. The van der Waals surface area contributed by atoms with Crippen molar-refractivity contribution in [3.05, 3.63) is 35.9 Å². The number of amides is 1. The van der Waals surface area contributed by atoms with E-state index < -0.39 is 6.04 Å². The maximum Gasteiger partial charge on any atom is 0.237 e. The normalized spacial score (nSPS) is 13.0. The van der Waals surface area contributed by atoms with Gasteiger partial charge in [0, 0.05) is 13.2 Å². The Hall–Kier alpha value is -1.39. The zero-order valence-electron chi connectivity index (χ0n) is 13.4. The molecule has 3 N–H and O–H groups in total. The monoisotopic (exact) mass is 292 g/mol. The average molecular weight is 292 g/mol. The van der Waals surface area contributed by atoms with Crippen molar-refractivity contribution in [2.75, 3.05) is 13.2 Å². The van der Waals surface area contributed by atoms with E-state index in [1.807, 2.05) is 51.1 Å². The van der Waals surface area contributed by atoms with E-state index in [1.54, 1.807) is 0 Å². The second kappa shape index (κ2) is 8.80. The molecule has 1 aromatic rings. The number of nitrogens with two attached hydrogens (primary N) is 1. The number of ether oxygens (including phenoxy) is 1. The summed E-state index contributed by atoms with van der Waals surface area (Å²) >= 11 is 0. The third-order valence-electron chi connectivity index (χ3n) is 3.34. The van der Waals surface area contributed by atoms with E-state index in [2.05, 4.69) is 5.32 Å². The Morgan fingerprint density at radius 1 is 1.24 bits per heavy atom. The van der Waals surface area contributed by atoms with Crippen molar-refractivity contribution in [2.45, 2.75) is 46.3 Å². The number of rotatable bonds is 8. The van der Waals surface area contributed by atoms with Crippen LogP contribution in [0.1, 0.15) is 39.2 Å². The Bertz CT molecular complexity index is 413. The lowest BCUT2D eigenvalue weighted by molar-refractivity contribution is -0.124. The fourth-order valence-electron chi connectivity index (χ4n) is 1.81. The van der Waals surface area contributed by atoms with Gasteiger partial charge in [0.25, 0.3) is 0 Å². The summed E-state index contributed by atoms with van der Waals surface area (Å²) in [7, 11) is 0. The smallest absolute Gasteiger partial charge is 0.237 e. The van der Waals surface area contributed by atoms with Gasteiger partial charge < -0.3 is 15.8 Å².